The van der Waals surface area contributed by atoms with Crippen molar-refractivity contribution in [3.63, 3.8) is 0 Å². The van der Waals surface area contributed by atoms with E-state index in [4.69, 9.17) is 9.97 Å². The average Bonchev–Trinajstić information content (AvgIpc) is 3.98. The van der Waals surface area contributed by atoms with Gasteiger partial charge in [0, 0.05) is 74.3 Å². The average molecular weight is 849 g/mol. The van der Waals surface area contributed by atoms with Gasteiger partial charge in [0.25, 0.3) is 0 Å². The van der Waals surface area contributed by atoms with E-state index in [-0.39, 0.29) is 0 Å². The summed E-state index contributed by atoms with van der Waals surface area (Å²) < 4.78 is 9.77. The Kier molecular flexibility index (Phi) is 6.95. The van der Waals surface area contributed by atoms with Crippen LogP contribution in [0.15, 0.2) is 194 Å². The summed E-state index contributed by atoms with van der Waals surface area (Å²) in [5.74, 6) is 0.726. The maximum Gasteiger partial charge on any atom is 0.160 e. The van der Waals surface area contributed by atoms with E-state index in [1.54, 1.807) is 11.3 Å². The fourth-order valence-corrected chi connectivity index (χ4v) is 13.0. The van der Waals surface area contributed by atoms with E-state index < -0.39 is 0 Å². The van der Waals surface area contributed by atoms with Gasteiger partial charge in [0.2, 0.25) is 0 Å². The Bertz CT molecular complexity index is 4330. The predicted molar refractivity (Wildman–Crippen MR) is 274 cm³/mol. The van der Waals surface area contributed by atoms with Gasteiger partial charge in [0.15, 0.2) is 5.82 Å². The quantitative estimate of drug-likeness (QED) is 0.177. The highest BCUT2D eigenvalue weighted by Gasteiger charge is 2.22. The minimum absolute atomic E-state index is 0.726. The van der Waals surface area contributed by atoms with E-state index in [1.807, 2.05) is 11.3 Å². The smallest absolute Gasteiger partial charge is 0.160 e. The van der Waals surface area contributed by atoms with Crippen LogP contribution >= 0.6 is 22.7 Å². The van der Waals surface area contributed by atoms with E-state index in [9.17, 15) is 0 Å². The monoisotopic (exact) mass is 848 g/mol. The molecule has 0 atom stereocenters. The summed E-state index contributed by atoms with van der Waals surface area (Å²) in [6, 6.07) is 71.0. The lowest BCUT2D eigenvalue weighted by Gasteiger charge is -2.12. The Morgan fingerprint density at radius 3 is 1.75 bits per heavy atom. The Labute approximate surface area is 373 Å². The van der Waals surface area contributed by atoms with Gasteiger partial charge in [-0.1, -0.05) is 115 Å². The van der Waals surface area contributed by atoms with Crippen LogP contribution in [0.25, 0.3) is 140 Å². The van der Waals surface area contributed by atoms with Gasteiger partial charge in [-0.25, -0.2) is 9.97 Å². The molecule has 6 heteroatoms. The number of benzene rings is 10. The molecule has 64 heavy (non-hydrogen) atoms. The molecule has 0 bridgehead atoms. The third-order valence-corrected chi connectivity index (χ3v) is 15.7. The summed E-state index contributed by atoms with van der Waals surface area (Å²) >= 11 is 3.67. The summed E-state index contributed by atoms with van der Waals surface area (Å²) in [4.78, 5) is 10.8. The molecule has 0 unspecified atom stereocenters. The maximum absolute atomic E-state index is 5.47. The minimum atomic E-state index is 0.726. The van der Waals surface area contributed by atoms with Crippen LogP contribution in [0.2, 0.25) is 0 Å². The second-order valence-electron chi connectivity index (χ2n) is 16.9. The first-order valence-corrected chi connectivity index (χ1v) is 23.3. The molecule has 0 amide bonds. The van der Waals surface area contributed by atoms with Crippen LogP contribution in [0.3, 0.4) is 0 Å². The normalized spacial score (nSPS) is 12.4. The first-order valence-electron chi connectivity index (χ1n) is 21.6. The number of hydrogen-bond acceptors (Lipinski definition) is 4. The number of rotatable bonds is 4. The molecule has 0 aliphatic carbocycles. The van der Waals surface area contributed by atoms with E-state index in [0.29, 0.717) is 0 Å². The van der Waals surface area contributed by atoms with Gasteiger partial charge >= 0.3 is 0 Å². The molecule has 5 aromatic heterocycles. The zero-order valence-electron chi connectivity index (χ0n) is 34.1. The molecule has 0 N–H and O–H groups in total. The standard InChI is InChI=1S/C58H32N4S2/c1-2-12-39(13-3-1)61-44-16-6-4-14-41(44)43-32-37(25-27-45(43)61)55-57-56(42-15-5-7-17-48(42)64-57)60-58(59-55)38-21-20-36-31-40(26-22-35(36)30-38)62-46-28-23-33-10-8-18-49-51(33)53(46)54-47(62)29-24-34-11-9-19-50(63-49)52(34)54/h1-32H. The van der Waals surface area contributed by atoms with Gasteiger partial charge in [-0.05, 0) is 100 Å². The largest absolute Gasteiger partial charge is 0.309 e. The van der Waals surface area contributed by atoms with Gasteiger partial charge in [-0.3, -0.25) is 0 Å². The lowest BCUT2D eigenvalue weighted by molar-refractivity contribution is 1.18. The fourth-order valence-electron chi connectivity index (χ4n) is 10.6. The Morgan fingerprint density at radius 2 is 0.953 bits per heavy atom. The molecule has 10 aromatic carbocycles. The van der Waals surface area contributed by atoms with E-state index in [1.165, 1.54) is 84.6 Å². The van der Waals surface area contributed by atoms with Gasteiger partial charge in [0.1, 0.15) is 0 Å². The third-order valence-electron chi connectivity index (χ3n) is 13.4. The SMILES string of the molecule is c1ccc(-n2c3ccccc3c3cc(-c4nc(-c5ccc6cc(-n7c8ccc9cccc%10sc%11cccc%12ccc7c(c%12%11)c8c9%10)ccc6c5)nc5c4sc4ccccc45)ccc32)cc1. The van der Waals surface area contributed by atoms with Crippen molar-refractivity contribution in [1.82, 2.24) is 19.1 Å². The highest BCUT2D eigenvalue weighted by atomic mass is 32.1. The molecular weight excluding hydrogens is 817 g/mol. The Hall–Kier alpha value is -7.90. The van der Waals surface area contributed by atoms with Crippen LogP contribution in [0, 0.1) is 0 Å². The van der Waals surface area contributed by atoms with Crippen molar-refractivity contribution in [2.24, 2.45) is 0 Å². The first-order chi connectivity index (χ1) is 31.7. The molecule has 15 rings (SSSR count). The van der Waals surface area contributed by atoms with E-state index in [2.05, 4.69) is 203 Å². The van der Waals surface area contributed by atoms with Crippen LogP contribution in [-0.4, -0.2) is 19.1 Å². The highest BCUT2D eigenvalue weighted by molar-refractivity contribution is 7.26. The van der Waals surface area contributed by atoms with Crippen molar-refractivity contribution < 1.29 is 0 Å². The van der Waals surface area contributed by atoms with Gasteiger partial charge in [-0.2, -0.15) is 0 Å². The van der Waals surface area contributed by atoms with Crippen molar-refractivity contribution in [3.05, 3.63) is 194 Å². The number of para-hydroxylation sites is 2. The summed E-state index contributed by atoms with van der Waals surface area (Å²) in [5.41, 5.74) is 11.1. The van der Waals surface area contributed by atoms with Crippen LogP contribution in [0.4, 0.5) is 0 Å². The lowest BCUT2D eigenvalue weighted by Crippen LogP contribution is -1.95. The predicted octanol–water partition coefficient (Wildman–Crippen LogP) is 16.5. The molecule has 0 radical (unpaired) electrons. The molecule has 0 spiro atoms. The number of thiophene rings is 1. The maximum atomic E-state index is 5.47. The molecule has 15 aromatic rings. The molecule has 0 aliphatic heterocycles. The number of nitrogens with zero attached hydrogens (tertiary/aromatic N) is 4. The van der Waals surface area contributed by atoms with Crippen molar-refractivity contribution in [2.75, 3.05) is 0 Å². The zero-order chi connectivity index (χ0) is 41.6. The van der Waals surface area contributed by atoms with Crippen molar-refractivity contribution in [1.29, 1.82) is 0 Å². The molecular formula is C58H32N4S2. The summed E-state index contributed by atoms with van der Waals surface area (Å²) in [5, 5.41) is 13.8. The summed E-state index contributed by atoms with van der Waals surface area (Å²) in [7, 11) is 0. The molecule has 4 nitrogen and oxygen atoms in total. The zero-order valence-corrected chi connectivity index (χ0v) is 35.7. The third kappa shape index (κ3) is 4.76. The highest BCUT2D eigenvalue weighted by Crippen LogP contribution is 2.47. The second-order valence-corrected chi connectivity index (χ2v) is 19.0. The van der Waals surface area contributed by atoms with Crippen LogP contribution in [-0.2, 0) is 0 Å². The summed E-state index contributed by atoms with van der Waals surface area (Å²) in [6.45, 7) is 0. The van der Waals surface area contributed by atoms with E-state index >= 15 is 0 Å². The molecule has 0 fully saturated rings. The van der Waals surface area contributed by atoms with Crippen LogP contribution in [0.5, 0.6) is 0 Å². The number of hydrogen-bond donors (Lipinski definition) is 0. The fraction of sp³-hybridized carbons (Fsp3) is 0. The Balaban J connectivity index is 0.912. The van der Waals surface area contributed by atoms with E-state index in [0.717, 1.165) is 55.0 Å². The summed E-state index contributed by atoms with van der Waals surface area (Å²) in [6.07, 6.45) is 0. The minimum Gasteiger partial charge on any atom is -0.309 e. The number of aromatic nitrogens is 4. The molecule has 0 saturated carbocycles. The molecule has 0 saturated heterocycles. The van der Waals surface area contributed by atoms with Crippen LogP contribution in [0.1, 0.15) is 0 Å². The van der Waals surface area contributed by atoms with Crippen molar-refractivity contribution >= 4 is 128 Å². The topological polar surface area (TPSA) is 35.6 Å². The lowest BCUT2D eigenvalue weighted by atomic mass is 10.00. The van der Waals surface area contributed by atoms with Gasteiger partial charge in [0.05, 0.1) is 38.0 Å². The van der Waals surface area contributed by atoms with Crippen LogP contribution < -0.4 is 0 Å². The Morgan fingerprint density at radius 1 is 0.344 bits per heavy atom. The number of fused-ring (bicyclic) bond motifs is 7. The van der Waals surface area contributed by atoms with Gasteiger partial charge in [-0.15, -0.1) is 22.7 Å². The second kappa shape index (κ2) is 12.8. The first kappa shape index (κ1) is 34.7. The molecule has 5 heterocycles. The molecule has 0 aliphatic rings. The van der Waals surface area contributed by atoms with Crippen molar-refractivity contribution in [2.45, 2.75) is 0 Å². The van der Waals surface area contributed by atoms with Crippen molar-refractivity contribution in [3.8, 4) is 34.0 Å². The van der Waals surface area contributed by atoms with Gasteiger partial charge < -0.3 is 9.13 Å². The molecule has 296 valence electrons.